The number of nitrogens with one attached hydrogen (secondary N) is 4. The highest BCUT2D eigenvalue weighted by Gasteiger charge is 2.46. The molecule has 0 radical (unpaired) electrons. The van der Waals surface area contributed by atoms with Crippen LogP contribution in [0.25, 0.3) is 0 Å². The molecule has 2 aliphatic rings. The van der Waals surface area contributed by atoms with E-state index in [9.17, 15) is 37.1 Å². The van der Waals surface area contributed by atoms with E-state index in [2.05, 4.69) is 20.3 Å². The van der Waals surface area contributed by atoms with E-state index in [1.807, 2.05) is 0 Å². The van der Waals surface area contributed by atoms with Crippen molar-refractivity contribution in [3.05, 3.63) is 77.7 Å². The minimum atomic E-state index is -4.01. The van der Waals surface area contributed by atoms with Crippen LogP contribution in [0.15, 0.2) is 65.8 Å². The maximum Gasteiger partial charge on any atom is 0.331 e. The lowest BCUT2D eigenvalue weighted by molar-refractivity contribution is -0.139. The van der Waals surface area contributed by atoms with Crippen LogP contribution in [0.5, 0.6) is 0 Å². The van der Waals surface area contributed by atoms with E-state index in [4.69, 9.17) is 0 Å². The SMILES string of the molecule is CN1C(=O)N(c2ccc(C[C@H](NC(=O)c3ccc(NS(=O)(=O)c4ccc[nH]4)cc3F)C(=O)O)cc2)C(=O)C2CCNCC21. The molecule has 0 bridgehead atoms. The average Bonchev–Trinajstić information content (AvgIpc) is 3.53. The van der Waals surface area contributed by atoms with Gasteiger partial charge in [0.1, 0.15) is 11.9 Å². The Labute approximate surface area is 246 Å². The summed E-state index contributed by atoms with van der Waals surface area (Å²) in [6.07, 6.45) is 1.84. The Hall–Kier alpha value is -4.76. The summed E-state index contributed by atoms with van der Waals surface area (Å²) < 4.78 is 41.7. The molecule has 0 spiro atoms. The van der Waals surface area contributed by atoms with Gasteiger partial charge in [-0.3, -0.25) is 14.3 Å². The molecule has 13 nitrogen and oxygen atoms in total. The normalized spacial score (nSPS) is 19.5. The first-order valence-electron chi connectivity index (χ1n) is 13.4. The van der Waals surface area contributed by atoms with Gasteiger partial charge in [0.2, 0.25) is 5.91 Å². The fraction of sp³-hybridized carbons (Fsp3) is 0.286. The summed E-state index contributed by atoms with van der Waals surface area (Å²) in [5.74, 6) is -4.06. The first kappa shape index (κ1) is 29.7. The number of halogens is 1. The number of H-pyrrole nitrogens is 1. The number of piperidine rings is 1. The van der Waals surface area contributed by atoms with Gasteiger partial charge in [-0.05, 0) is 61.0 Å². The van der Waals surface area contributed by atoms with E-state index in [-0.39, 0.29) is 35.0 Å². The van der Waals surface area contributed by atoms with E-state index in [0.717, 1.165) is 17.0 Å². The van der Waals surface area contributed by atoms with Gasteiger partial charge in [-0.2, -0.15) is 8.42 Å². The molecule has 5 N–H and O–H groups in total. The van der Waals surface area contributed by atoms with E-state index in [1.165, 1.54) is 36.5 Å². The van der Waals surface area contributed by atoms with Crippen LogP contribution >= 0.6 is 0 Å². The Morgan fingerprint density at radius 3 is 2.53 bits per heavy atom. The number of aromatic nitrogens is 1. The molecule has 2 fully saturated rings. The summed E-state index contributed by atoms with van der Waals surface area (Å²) >= 11 is 0. The summed E-state index contributed by atoms with van der Waals surface area (Å²) in [4.78, 5) is 56.1. The summed E-state index contributed by atoms with van der Waals surface area (Å²) in [6.45, 7) is 1.21. The van der Waals surface area contributed by atoms with Crippen molar-refractivity contribution in [2.24, 2.45) is 5.92 Å². The van der Waals surface area contributed by atoms with Gasteiger partial charge in [-0.25, -0.2) is 18.9 Å². The molecule has 2 saturated heterocycles. The number of imide groups is 1. The molecule has 2 aromatic carbocycles. The van der Waals surface area contributed by atoms with Crippen molar-refractivity contribution in [3.63, 3.8) is 0 Å². The third-order valence-electron chi connectivity index (χ3n) is 7.54. The van der Waals surface area contributed by atoms with Crippen LogP contribution in [-0.4, -0.2) is 79.4 Å². The van der Waals surface area contributed by atoms with Crippen molar-refractivity contribution >= 4 is 45.2 Å². The predicted molar refractivity (Wildman–Crippen MR) is 152 cm³/mol. The quantitative estimate of drug-likeness (QED) is 0.242. The number of carbonyl (C=O) groups excluding carboxylic acids is 3. The van der Waals surface area contributed by atoms with Gasteiger partial charge in [0.15, 0.2) is 5.03 Å². The maximum absolute atomic E-state index is 14.8. The number of carbonyl (C=O) groups is 4. The highest BCUT2D eigenvalue weighted by molar-refractivity contribution is 7.92. The first-order valence-corrected chi connectivity index (χ1v) is 14.8. The first-order chi connectivity index (χ1) is 20.5. The number of fused-ring (bicyclic) bond motifs is 1. The lowest BCUT2D eigenvalue weighted by atomic mass is 9.88. The van der Waals surface area contributed by atoms with Gasteiger partial charge in [-0.1, -0.05) is 12.1 Å². The number of aromatic amines is 1. The molecule has 3 heterocycles. The molecule has 0 saturated carbocycles. The minimum Gasteiger partial charge on any atom is -0.480 e. The van der Waals surface area contributed by atoms with Crippen molar-refractivity contribution in [1.29, 1.82) is 0 Å². The molecule has 1 aromatic heterocycles. The number of benzene rings is 2. The topological polar surface area (TPSA) is 181 Å². The van der Waals surface area contributed by atoms with Crippen molar-refractivity contribution in [1.82, 2.24) is 20.5 Å². The second-order valence-corrected chi connectivity index (χ2v) is 12.0. The molecular weight excluding hydrogens is 583 g/mol. The number of aliphatic carboxylic acids is 1. The number of amides is 4. The highest BCUT2D eigenvalue weighted by Crippen LogP contribution is 2.30. The standard InChI is InChI=1S/C28H29FN6O7S/c1-34-23-15-30-12-10-20(23)26(37)35(28(34)40)18-7-4-16(5-8-18)13-22(27(38)39)32-25(36)19-9-6-17(14-21(19)29)33-43(41,42)24-3-2-11-31-24/h2-9,11,14,20,22-23,30-31,33H,10,12-13,15H2,1H3,(H,32,36)(H,38,39)/t20?,22-,23?/m0/s1. The zero-order chi connectivity index (χ0) is 30.9. The van der Waals surface area contributed by atoms with E-state index in [1.54, 1.807) is 24.1 Å². The van der Waals surface area contributed by atoms with Crippen molar-refractivity contribution in [2.75, 3.05) is 29.8 Å². The van der Waals surface area contributed by atoms with Gasteiger partial charge in [0.05, 0.1) is 28.9 Å². The zero-order valence-corrected chi connectivity index (χ0v) is 23.7. The number of likely N-dealkylation sites (N-methyl/N-ethyl adjacent to an activating group) is 1. The third-order valence-corrected chi connectivity index (χ3v) is 8.88. The molecule has 2 unspecified atom stereocenters. The third kappa shape index (κ3) is 6.08. The number of rotatable bonds is 9. The van der Waals surface area contributed by atoms with Crippen LogP contribution in [0.2, 0.25) is 0 Å². The van der Waals surface area contributed by atoms with E-state index in [0.29, 0.717) is 30.8 Å². The monoisotopic (exact) mass is 612 g/mol. The number of nitrogens with zero attached hydrogens (tertiary/aromatic N) is 2. The molecule has 2 aliphatic heterocycles. The minimum absolute atomic E-state index is 0.133. The summed E-state index contributed by atoms with van der Waals surface area (Å²) in [5, 5.41) is 15.1. The molecule has 3 aromatic rings. The lowest BCUT2D eigenvalue weighted by Crippen LogP contribution is -2.65. The molecule has 3 atom stereocenters. The summed E-state index contributed by atoms with van der Waals surface area (Å²) in [7, 11) is -2.35. The van der Waals surface area contributed by atoms with Crippen LogP contribution in [0.3, 0.4) is 0 Å². The average molecular weight is 613 g/mol. The Bertz CT molecular complexity index is 1660. The zero-order valence-electron chi connectivity index (χ0n) is 22.9. The lowest BCUT2D eigenvalue weighted by Gasteiger charge is -2.45. The molecule has 15 heteroatoms. The number of hydrogen-bond acceptors (Lipinski definition) is 7. The van der Waals surface area contributed by atoms with Crippen LogP contribution in [0.4, 0.5) is 20.6 Å². The number of anilines is 2. The number of hydrogen-bond donors (Lipinski definition) is 5. The van der Waals surface area contributed by atoms with E-state index >= 15 is 0 Å². The second-order valence-electron chi connectivity index (χ2n) is 10.3. The molecule has 5 rings (SSSR count). The molecule has 43 heavy (non-hydrogen) atoms. The van der Waals surface area contributed by atoms with Crippen molar-refractivity contribution in [2.45, 2.75) is 30.0 Å². The number of sulfonamides is 1. The molecule has 226 valence electrons. The summed E-state index contributed by atoms with van der Waals surface area (Å²) in [5.41, 5.74) is 0.210. The van der Waals surface area contributed by atoms with Gasteiger partial charge >= 0.3 is 12.0 Å². The van der Waals surface area contributed by atoms with Crippen LogP contribution < -0.4 is 20.3 Å². The molecule has 4 amide bonds. The number of carboxylic acids is 1. The maximum atomic E-state index is 14.8. The Balaban J connectivity index is 1.26. The summed E-state index contributed by atoms with van der Waals surface area (Å²) in [6, 6.07) is 9.89. The van der Waals surface area contributed by atoms with Crippen molar-refractivity contribution < 1.29 is 37.1 Å². The number of carboxylic acid groups (broad SMARTS) is 1. The second kappa shape index (κ2) is 11.9. The van der Waals surface area contributed by atoms with Gasteiger partial charge < -0.3 is 25.6 Å². The fourth-order valence-electron chi connectivity index (χ4n) is 5.24. The van der Waals surface area contributed by atoms with Gasteiger partial charge in [-0.15, -0.1) is 0 Å². The van der Waals surface area contributed by atoms with Crippen LogP contribution in [-0.2, 0) is 26.0 Å². The fourth-order valence-corrected chi connectivity index (χ4v) is 6.27. The van der Waals surface area contributed by atoms with Crippen LogP contribution in [0.1, 0.15) is 22.3 Å². The Morgan fingerprint density at radius 2 is 1.88 bits per heavy atom. The Morgan fingerprint density at radius 1 is 1.14 bits per heavy atom. The van der Waals surface area contributed by atoms with Gasteiger partial charge in [0, 0.05) is 26.2 Å². The van der Waals surface area contributed by atoms with Crippen LogP contribution in [0, 0.1) is 11.7 Å². The number of urea groups is 1. The van der Waals surface area contributed by atoms with E-state index < -0.39 is 45.4 Å². The highest BCUT2D eigenvalue weighted by atomic mass is 32.2. The van der Waals surface area contributed by atoms with Crippen molar-refractivity contribution in [3.8, 4) is 0 Å². The smallest absolute Gasteiger partial charge is 0.331 e. The Kier molecular flexibility index (Phi) is 8.19. The van der Waals surface area contributed by atoms with Gasteiger partial charge in [0.25, 0.3) is 15.9 Å². The predicted octanol–water partition coefficient (Wildman–Crippen LogP) is 1.76. The largest absolute Gasteiger partial charge is 0.480 e. The molecular formula is C28H29FN6O7S. The molecule has 0 aliphatic carbocycles.